The van der Waals surface area contributed by atoms with Gasteiger partial charge in [-0.05, 0) is 64.2 Å². The Balaban J connectivity index is 2.60. The Bertz CT molecular complexity index is 895. The molecule has 2 aromatic carbocycles. The maximum absolute atomic E-state index is 13.9. The van der Waals surface area contributed by atoms with E-state index in [0.717, 1.165) is 28.7 Å². The van der Waals surface area contributed by atoms with Crippen LogP contribution in [0.3, 0.4) is 0 Å². The summed E-state index contributed by atoms with van der Waals surface area (Å²) in [5.41, 5.74) is 5.38. The molecule has 2 aromatic rings. The summed E-state index contributed by atoms with van der Waals surface area (Å²) >= 11 is 0. The van der Waals surface area contributed by atoms with Crippen LogP contribution < -0.4 is 0 Å². The van der Waals surface area contributed by atoms with Gasteiger partial charge in [0.15, 0.2) is 5.78 Å². The highest BCUT2D eigenvalue weighted by molar-refractivity contribution is 6.11. The van der Waals surface area contributed by atoms with Crippen LogP contribution in [0.2, 0.25) is 0 Å². The Morgan fingerprint density at radius 1 is 0.839 bits per heavy atom. The Labute approximate surface area is 191 Å². The summed E-state index contributed by atoms with van der Waals surface area (Å²) in [7, 11) is 0. The predicted molar refractivity (Wildman–Crippen MR) is 135 cm³/mol. The third-order valence-corrected chi connectivity index (χ3v) is 6.84. The predicted octanol–water partition coefficient (Wildman–Crippen LogP) is 8.59. The van der Waals surface area contributed by atoms with Crippen molar-refractivity contribution in [1.82, 2.24) is 0 Å². The van der Waals surface area contributed by atoms with Crippen LogP contribution in [0.15, 0.2) is 42.5 Å². The van der Waals surface area contributed by atoms with E-state index < -0.39 is 0 Å². The smallest absolute Gasteiger partial charge is 0.193 e. The molecule has 1 heteroatoms. The van der Waals surface area contributed by atoms with E-state index in [9.17, 15) is 4.79 Å². The minimum atomic E-state index is -0.0877. The van der Waals surface area contributed by atoms with Crippen molar-refractivity contribution < 1.29 is 4.79 Å². The number of benzene rings is 2. The van der Waals surface area contributed by atoms with Gasteiger partial charge in [0.05, 0.1) is 0 Å². The average Bonchev–Trinajstić information content (AvgIpc) is 2.65. The van der Waals surface area contributed by atoms with Crippen LogP contribution in [0.25, 0.3) is 0 Å². The van der Waals surface area contributed by atoms with Crippen molar-refractivity contribution >= 4 is 5.78 Å². The fraction of sp³-hybridized carbons (Fsp3) is 0.567. The minimum absolute atomic E-state index is 0.0877. The molecule has 1 nitrogen and oxygen atoms in total. The van der Waals surface area contributed by atoms with Crippen LogP contribution in [0.4, 0.5) is 0 Å². The quantitative estimate of drug-likeness (QED) is 0.391. The van der Waals surface area contributed by atoms with Crippen molar-refractivity contribution in [3.63, 3.8) is 0 Å². The molecule has 0 aromatic heterocycles. The zero-order chi connectivity index (χ0) is 23.6. The van der Waals surface area contributed by atoms with E-state index in [1.54, 1.807) is 0 Å². The molecule has 1 unspecified atom stereocenters. The van der Waals surface area contributed by atoms with Gasteiger partial charge in [0.25, 0.3) is 0 Å². The summed E-state index contributed by atoms with van der Waals surface area (Å²) in [6, 6.07) is 14.8. The lowest BCUT2D eigenvalue weighted by Gasteiger charge is -2.36. The molecule has 0 aliphatic carbocycles. The third-order valence-electron chi connectivity index (χ3n) is 6.84. The van der Waals surface area contributed by atoms with Crippen molar-refractivity contribution in [2.24, 2.45) is 17.3 Å². The molecule has 170 valence electrons. The number of carbonyl (C=O) groups is 1. The molecule has 0 saturated heterocycles. The molecular formula is C30H44O. The number of carbonyl (C=O) groups excluding carboxylic acids is 1. The minimum Gasteiger partial charge on any atom is -0.289 e. The first-order valence-electron chi connectivity index (χ1n) is 12.0. The third kappa shape index (κ3) is 6.09. The lowest BCUT2D eigenvalue weighted by Crippen LogP contribution is -2.28. The zero-order valence-corrected chi connectivity index (χ0v) is 21.6. The molecule has 0 heterocycles. The molecule has 31 heavy (non-hydrogen) atoms. The van der Waals surface area contributed by atoms with E-state index in [1.807, 2.05) is 18.2 Å². The van der Waals surface area contributed by atoms with Gasteiger partial charge in [0.2, 0.25) is 0 Å². The van der Waals surface area contributed by atoms with Crippen LogP contribution in [0.5, 0.6) is 0 Å². The highest BCUT2D eigenvalue weighted by Crippen LogP contribution is 2.39. The van der Waals surface area contributed by atoms with Crippen LogP contribution >= 0.6 is 0 Å². The van der Waals surface area contributed by atoms with Crippen molar-refractivity contribution in [2.75, 3.05) is 0 Å². The summed E-state index contributed by atoms with van der Waals surface area (Å²) in [4.78, 5) is 13.9. The maximum atomic E-state index is 13.9. The van der Waals surface area contributed by atoms with Gasteiger partial charge in [-0.1, -0.05) is 106 Å². The molecule has 0 radical (unpaired) electrons. The molecule has 0 N–H and O–H groups in total. The maximum Gasteiger partial charge on any atom is 0.193 e. The van der Waals surface area contributed by atoms with Crippen LogP contribution in [0, 0.1) is 17.3 Å². The van der Waals surface area contributed by atoms with Gasteiger partial charge >= 0.3 is 0 Å². The van der Waals surface area contributed by atoms with E-state index in [1.165, 1.54) is 12.0 Å². The van der Waals surface area contributed by atoms with Gasteiger partial charge in [0.1, 0.15) is 0 Å². The summed E-state index contributed by atoms with van der Waals surface area (Å²) in [6.45, 7) is 22.6. The van der Waals surface area contributed by atoms with Crippen molar-refractivity contribution in [1.29, 1.82) is 0 Å². The molecular weight excluding hydrogens is 376 g/mol. The summed E-state index contributed by atoms with van der Waals surface area (Å²) in [6.07, 6.45) is 2.19. The van der Waals surface area contributed by atoms with Gasteiger partial charge in [-0.3, -0.25) is 4.79 Å². The molecule has 0 fully saturated rings. The molecule has 1 atom stereocenters. The topological polar surface area (TPSA) is 17.1 Å². The largest absolute Gasteiger partial charge is 0.289 e. The van der Waals surface area contributed by atoms with Gasteiger partial charge in [0, 0.05) is 11.1 Å². The Hall–Kier alpha value is -1.89. The number of rotatable bonds is 8. The van der Waals surface area contributed by atoms with Crippen molar-refractivity contribution in [2.45, 2.75) is 93.4 Å². The monoisotopic (exact) mass is 420 g/mol. The van der Waals surface area contributed by atoms with Gasteiger partial charge < -0.3 is 0 Å². The SMILES string of the molecule is CC(C)CC(C)(Cc1ccc(C(C)(C)C)c(C(=O)c2ccccc2C(C)C)c1)C(C)C. The van der Waals surface area contributed by atoms with Gasteiger partial charge in [-0.25, -0.2) is 0 Å². The fourth-order valence-electron chi connectivity index (χ4n) is 4.81. The van der Waals surface area contributed by atoms with E-state index in [4.69, 9.17) is 0 Å². The molecule has 0 saturated carbocycles. The summed E-state index contributed by atoms with van der Waals surface area (Å²) in [5.74, 6) is 1.71. The van der Waals surface area contributed by atoms with Crippen molar-refractivity contribution in [3.05, 3.63) is 70.3 Å². The van der Waals surface area contributed by atoms with E-state index in [0.29, 0.717) is 17.8 Å². The second kappa shape index (κ2) is 9.72. The Morgan fingerprint density at radius 3 is 1.97 bits per heavy atom. The molecule has 0 aliphatic rings. The van der Waals surface area contributed by atoms with E-state index in [2.05, 4.69) is 93.5 Å². The Morgan fingerprint density at radius 2 is 1.45 bits per heavy atom. The van der Waals surface area contributed by atoms with Gasteiger partial charge in [-0.15, -0.1) is 0 Å². The highest BCUT2D eigenvalue weighted by Gasteiger charge is 2.31. The normalized spacial score (nSPS) is 14.4. The highest BCUT2D eigenvalue weighted by atomic mass is 16.1. The lowest BCUT2D eigenvalue weighted by molar-refractivity contribution is 0.103. The van der Waals surface area contributed by atoms with E-state index in [-0.39, 0.29) is 16.6 Å². The zero-order valence-electron chi connectivity index (χ0n) is 21.6. The average molecular weight is 421 g/mol. The summed E-state index contributed by atoms with van der Waals surface area (Å²) in [5, 5.41) is 0. The number of ketones is 1. The molecule has 0 aliphatic heterocycles. The second-order valence-corrected chi connectivity index (χ2v) is 11.8. The Kier molecular flexibility index (Phi) is 7.95. The van der Waals surface area contributed by atoms with E-state index >= 15 is 0 Å². The first-order chi connectivity index (χ1) is 14.3. The molecule has 0 spiro atoms. The summed E-state index contributed by atoms with van der Waals surface area (Å²) < 4.78 is 0. The van der Waals surface area contributed by atoms with Gasteiger partial charge in [-0.2, -0.15) is 0 Å². The fourth-order valence-corrected chi connectivity index (χ4v) is 4.81. The lowest BCUT2D eigenvalue weighted by atomic mass is 9.69. The molecule has 2 rings (SSSR count). The first kappa shape index (κ1) is 25.4. The number of hydrogen-bond acceptors (Lipinski definition) is 1. The molecule has 0 bridgehead atoms. The first-order valence-corrected chi connectivity index (χ1v) is 12.0. The van der Waals surface area contributed by atoms with Crippen LogP contribution in [-0.4, -0.2) is 5.78 Å². The van der Waals surface area contributed by atoms with Crippen LogP contribution in [-0.2, 0) is 11.8 Å². The van der Waals surface area contributed by atoms with Crippen LogP contribution in [0.1, 0.15) is 114 Å². The van der Waals surface area contributed by atoms with Crippen molar-refractivity contribution in [3.8, 4) is 0 Å². The second-order valence-electron chi connectivity index (χ2n) is 11.8. The number of hydrogen-bond donors (Lipinski definition) is 0. The molecule has 0 amide bonds. The standard InChI is InChI=1S/C30H44O/c1-20(2)18-30(10,22(5)6)19-23-15-16-27(29(7,8)9)26(17-23)28(31)25-14-12-11-13-24(25)21(3)4/h11-17,20-22H,18-19H2,1-10H3.